The van der Waals surface area contributed by atoms with Gasteiger partial charge in [-0.1, -0.05) is 0 Å². The van der Waals surface area contributed by atoms with Gasteiger partial charge in [0.25, 0.3) is 0 Å². The zero-order valence-corrected chi connectivity index (χ0v) is 12.9. The molecule has 0 atom stereocenters. The number of aliphatic imine (C=N–C) groups is 1. The van der Waals surface area contributed by atoms with Gasteiger partial charge in [0.05, 0.1) is 6.61 Å². The fourth-order valence-electron chi connectivity index (χ4n) is 1.86. The smallest absolute Gasteiger partial charge is 0.191 e. The first-order valence-electron chi connectivity index (χ1n) is 7.28. The molecule has 0 bridgehead atoms. The number of ether oxygens (including phenoxy) is 1. The number of imidazole rings is 1. The van der Waals surface area contributed by atoms with Crippen molar-refractivity contribution in [1.29, 1.82) is 0 Å². The van der Waals surface area contributed by atoms with Crippen LogP contribution >= 0.6 is 0 Å². The minimum absolute atomic E-state index is 0.705. The second-order valence-electron chi connectivity index (χ2n) is 4.50. The van der Waals surface area contributed by atoms with Crippen molar-refractivity contribution in [3.05, 3.63) is 18.2 Å². The highest BCUT2D eigenvalue weighted by Crippen LogP contribution is 1.99. The Kier molecular flexibility index (Phi) is 8.46. The van der Waals surface area contributed by atoms with Gasteiger partial charge in [0.15, 0.2) is 5.96 Å². The van der Waals surface area contributed by atoms with E-state index in [4.69, 9.17) is 4.74 Å². The predicted molar refractivity (Wildman–Crippen MR) is 82.1 cm³/mol. The van der Waals surface area contributed by atoms with Crippen molar-refractivity contribution in [2.45, 2.75) is 33.2 Å². The maximum Gasteiger partial charge on any atom is 0.191 e. The van der Waals surface area contributed by atoms with Gasteiger partial charge in [-0.2, -0.15) is 0 Å². The van der Waals surface area contributed by atoms with Gasteiger partial charge in [0, 0.05) is 45.7 Å². The SMILES string of the molecule is CCOCCNC(=NC)NCCCCn1ccnc1C. The molecule has 6 nitrogen and oxygen atoms in total. The largest absolute Gasteiger partial charge is 0.380 e. The quantitative estimate of drug-likeness (QED) is 0.405. The lowest BCUT2D eigenvalue weighted by Gasteiger charge is -2.12. The molecule has 6 heteroatoms. The number of unbranched alkanes of at least 4 members (excludes halogenated alkanes) is 1. The molecule has 20 heavy (non-hydrogen) atoms. The van der Waals surface area contributed by atoms with E-state index >= 15 is 0 Å². The van der Waals surface area contributed by atoms with E-state index in [9.17, 15) is 0 Å². The molecule has 0 radical (unpaired) electrons. The molecule has 0 fully saturated rings. The molecule has 1 aromatic heterocycles. The number of hydrogen-bond acceptors (Lipinski definition) is 3. The highest BCUT2D eigenvalue weighted by atomic mass is 16.5. The molecule has 1 heterocycles. The van der Waals surface area contributed by atoms with Crippen LogP contribution in [-0.4, -0.2) is 48.9 Å². The summed E-state index contributed by atoms with van der Waals surface area (Å²) in [5.41, 5.74) is 0. The van der Waals surface area contributed by atoms with Gasteiger partial charge < -0.3 is 19.9 Å². The van der Waals surface area contributed by atoms with E-state index in [-0.39, 0.29) is 0 Å². The number of nitrogens with one attached hydrogen (secondary N) is 2. The second-order valence-corrected chi connectivity index (χ2v) is 4.50. The number of guanidine groups is 1. The maximum absolute atomic E-state index is 5.27. The van der Waals surface area contributed by atoms with Crippen molar-refractivity contribution in [3.8, 4) is 0 Å². The number of rotatable bonds is 9. The van der Waals surface area contributed by atoms with Gasteiger partial charge in [-0.05, 0) is 26.7 Å². The minimum atomic E-state index is 0.705. The van der Waals surface area contributed by atoms with E-state index in [0.717, 1.165) is 50.9 Å². The highest BCUT2D eigenvalue weighted by Gasteiger charge is 1.98. The monoisotopic (exact) mass is 281 g/mol. The number of nitrogens with zero attached hydrogens (tertiary/aromatic N) is 3. The van der Waals surface area contributed by atoms with Crippen molar-refractivity contribution >= 4 is 5.96 Å². The molecule has 0 amide bonds. The lowest BCUT2D eigenvalue weighted by atomic mass is 10.3. The van der Waals surface area contributed by atoms with Crippen LogP contribution in [0.3, 0.4) is 0 Å². The van der Waals surface area contributed by atoms with Crippen LogP contribution in [0.5, 0.6) is 0 Å². The summed E-state index contributed by atoms with van der Waals surface area (Å²) in [6, 6.07) is 0. The van der Waals surface area contributed by atoms with E-state index in [2.05, 4.69) is 25.2 Å². The van der Waals surface area contributed by atoms with E-state index in [1.807, 2.05) is 26.2 Å². The van der Waals surface area contributed by atoms with Gasteiger partial charge in [-0.3, -0.25) is 4.99 Å². The molecule has 1 rings (SSSR count). The van der Waals surface area contributed by atoms with Crippen LogP contribution < -0.4 is 10.6 Å². The number of aryl methyl sites for hydroxylation is 2. The van der Waals surface area contributed by atoms with Crippen molar-refractivity contribution in [2.75, 3.05) is 33.4 Å². The van der Waals surface area contributed by atoms with Crippen LogP contribution in [0.4, 0.5) is 0 Å². The fourth-order valence-corrected chi connectivity index (χ4v) is 1.86. The minimum Gasteiger partial charge on any atom is -0.380 e. The van der Waals surface area contributed by atoms with Crippen LogP contribution in [0.15, 0.2) is 17.4 Å². The second kappa shape index (κ2) is 10.3. The summed E-state index contributed by atoms with van der Waals surface area (Å²) in [4.78, 5) is 8.38. The molecule has 0 aromatic carbocycles. The Morgan fingerprint density at radius 1 is 1.35 bits per heavy atom. The van der Waals surface area contributed by atoms with E-state index in [0.29, 0.717) is 6.61 Å². The van der Waals surface area contributed by atoms with E-state index in [1.54, 1.807) is 7.05 Å². The molecule has 0 spiro atoms. The summed E-state index contributed by atoms with van der Waals surface area (Å²) < 4.78 is 7.45. The average Bonchev–Trinajstić information content (AvgIpc) is 2.86. The molecular weight excluding hydrogens is 254 g/mol. The lowest BCUT2D eigenvalue weighted by molar-refractivity contribution is 0.152. The molecule has 2 N–H and O–H groups in total. The Labute approximate surface area is 121 Å². The Hall–Kier alpha value is -1.56. The summed E-state index contributed by atoms with van der Waals surface area (Å²) >= 11 is 0. The normalized spacial score (nSPS) is 11.7. The van der Waals surface area contributed by atoms with Gasteiger partial charge in [0.1, 0.15) is 5.82 Å². The van der Waals surface area contributed by atoms with Gasteiger partial charge >= 0.3 is 0 Å². The van der Waals surface area contributed by atoms with E-state index < -0.39 is 0 Å². The van der Waals surface area contributed by atoms with Crippen LogP contribution in [-0.2, 0) is 11.3 Å². The molecule has 0 saturated heterocycles. The summed E-state index contributed by atoms with van der Waals surface area (Å²) in [6.45, 7) is 8.20. The maximum atomic E-state index is 5.27. The molecule has 0 aliphatic heterocycles. The van der Waals surface area contributed by atoms with Crippen molar-refractivity contribution < 1.29 is 4.74 Å². The average molecular weight is 281 g/mol. The van der Waals surface area contributed by atoms with Crippen molar-refractivity contribution in [2.24, 2.45) is 4.99 Å². The first-order valence-corrected chi connectivity index (χ1v) is 7.28. The number of aromatic nitrogens is 2. The molecular formula is C14H27N5O. The van der Waals surface area contributed by atoms with E-state index in [1.165, 1.54) is 0 Å². The molecule has 114 valence electrons. The van der Waals surface area contributed by atoms with Crippen LogP contribution in [0, 0.1) is 6.92 Å². The third kappa shape index (κ3) is 6.56. The zero-order valence-electron chi connectivity index (χ0n) is 12.9. The lowest BCUT2D eigenvalue weighted by Crippen LogP contribution is -2.39. The van der Waals surface area contributed by atoms with Gasteiger partial charge in [-0.15, -0.1) is 0 Å². The topological polar surface area (TPSA) is 63.5 Å². The number of hydrogen-bond donors (Lipinski definition) is 2. The molecule has 0 unspecified atom stereocenters. The summed E-state index contributed by atoms with van der Waals surface area (Å²) in [5.74, 6) is 1.91. The summed E-state index contributed by atoms with van der Waals surface area (Å²) in [5, 5.41) is 6.52. The first kappa shape index (κ1) is 16.5. The zero-order chi connectivity index (χ0) is 14.6. The van der Waals surface area contributed by atoms with Crippen molar-refractivity contribution in [3.63, 3.8) is 0 Å². The van der Waals surface area contributed by atoms with Crippen LogP contribution in [0.25, 0.3) is 0 Å². The predicted octanol–water partition coefficient (Wildman–Crippen LogP) is 1.17. The first-order chi connectivity index (χ1) is 9.77. The van der Waals surface area contributed by atoms with Crippen LogP contribution in [0.1, 0.15) is 25.6 Å². The Bertz CT molecular complexity index is 389. The Balaban J connectivity index is 2.05. The molecule has 0 saturated carbocycles. The Morgan fingerprint density at radius 3 is 2.80 bits per heavy atom. The third-order valence-electron chi connectivity index (χ3n) is 3.01. The molecule has 0 aliphatic carbocycles. The van der Waals surface area contributed by atoms with Gasteiger partial charge in [0.2, 0.25) is 0 Å². The third-order valence-corrected chi connectivity index (χ3v) is 3.01. The Morgan fingerprint density at radius 2 is 2.15 bits per heavy atom. The summed E-state index contributed by atoms with van der Waals surface area (Å²) in [6.07, 6.45) is 6.10. The fraction of sp³-hybridized carbons (Fsp3) is 0.714. The standard InChI is InChI=1S/C14H27N5O/c1-4-20-12-9-18-14(15-3)17-7-5-6-10-19-11-8-16-13(19)2/h8,11H,4-7,9-10,12H2,1-3H3,(H2,15,17,18). The molecule has 1 aromatic rings. The van der Waals surface area contributed by atoms with Crippen LogP contribution in [0.2, 0.25) is 0 Å². The van der Waals surface area contributed by atoms with Gasteiger partial charge in [-0.25, -0.2) is 4.98 Å². The van der Waals surface area contributed by atoms with Crippen molar-refractivity contribution in [1.82, 2.24) is 20.2 Å². The highest BCUT2D eigenvalue weighted by molar-refractivity contribution is 5.79. The molecule has 0 aliphatic rings. The summed E-state index contributed by atoms with van der Waals surface area (Å²) in [7, 11) is 1.78.